The van der Waals surface area contributed by atoms with Crippen LogP contribution in [0.3, 0.4) is 0 Å². The molecular weight excluding hydrogens is 413 g/mol. The highest BCUT2D eigenvalue weighted by atomic mass is 35.5. The van der Waals surface area contributed by atoms with Crippen LogP contribution < -0.4 is 5.32 Å². The molecule has 0 fully saturated rings. The summed E-state index contributed by atoms with van der Waals surface area (Å²) in [6, 6.07) is 6.75. The number of carbonyl (C=O) groups excluding carboxylic acids is 2. The molecule has 1 aromatic carbocycles. The molecule has 0 bridgehead atoms. The standard InChI is InChI=1S/C20H21Cl2N5O2/c1-11(2)27-19-14(9-23-27)13(8-12(3)24-19)20(29)26(4)10-17(28)25-18-15(21)6-5-7-16(18)22/h5-9,11H,10H2,1-4H3,(H,25,28). The van der Waals surface area contributed by atoms with Gasteiger partial charge in [0.05, 0.1) is 39.4 Å². The van der Waals surface area contributed by atoms with Crippen LogP contribution in [0.2, 0.25) is 10.0 Å². The first-order valence-corrected chi connectivity index (χ1v) is 9.78. The van der Waals surface area contributed by atoms with Crippen molar-refractivity contribution < 1.29 is 9.59 Å². The van der Waals surface area contributed by atoms with Gasteiger partial charge in [-0.2, -0.15) is 5.10 Å². The molecule has 1 N–H and O–H groups in total. The van der Waals surface area contributed by atoms with Crippen LogP contribution in [-0.2, 0) is 4.79 Å². The number of nitrogens with zero attached hydrogens (tertiary/aromatic N) is 4. The van der Waals surface area contributed by atoms with Gasteiger partial charge in [0, 0.05) is 18.8 Å². The van der Waals surface area contributed by atoms with E-state index in [-0.39, 0.29) is 18.5 Å². The summed E-state index contributed by atoms with van der Waals surface area (Å²) in [5.41, 5.74) is 2.11. The maximum Gasteiger partial charge on any atom is 0.254 e. The molecule has 0 aliphatic carbocycles. The van der Waals surface area contributed by atoms with Crippen molar-refractivity contribution in [2.45, 2.75) is 26.8 Å². The number of nitrogens with one attached hydrogen (secondary N) is 1. The van der Waals surface area contributed by atoms with Gasteiger partial charge in [0.2, 0.25) is 5.91 Å². The molecule has 2 amide bonds. The second-order valence-electron chi connectivity index (χ2n) is 7.04. The number of carbonyl (C=O) groups is 2. The van der Waals surface area contributed by atoms with Crippen LogP contribution in [0.15, 0.2) is 30.5 Å². The number of aromatic nitrogens is 3. The van der Waals surface area contributed by atoms with Gasteiger partial charge >= 0.3 is 0 Å². The fourth-order valence-corrected chi connectivity index (χ4v) is 3.48. The minimum absolute atomic E-state index is 0.105. The van der Waals surface area contributed by atoms with Gasteiger partial charge in [-0.3, -0.25) is 9.59 Å². The predicted molar refractivity (Wildman–Crippen MR) is 115 cm³/mol. The Morgan fingerprint density at radius 1 is 1.24 bits per heavy atom. The number of anilines is 1. The molecule has 0 saturated carbocycles. The van der Waals surface area contributed by atoms with Crippen molar-refractivity contribution in [1.29, 1.82) is 0 Å². The number of hydrogen-bond acceptors (Lipinski definition) is 4. The Hall–Kier alpha value is -2.64. The number of likely N-dealkylation sites (N-methyl/N-ethyl adjacent to an activating group) is 1. The summed E-state index contributed by atoms with van der Waals surface area (Å²) in [6.07, 6.45) is 1.63. The van der Waals surface area contributed by atoms with Crippen LogP contribution in [0, 0.1) is 6.92 Å². The van der Waals surface area contributed by atoms with E-state index in [1.165, 1.54) is 4.90 Å². The summed E-state index contributed by atoms with van der Waals surface area (Å²) in [4.78, 5) is 31.3. The average molecular weight is 434 g/mol. The summed E-state index contributed by atoms with van der Waals surface area (Å²) in [7, 11) is 1.56. The molecule has 7 nitrogen and oxygen atoms in total. The monoisotopic (exact) mass is 433 g/mol. The molecule has 0 atom stereocenters. The zero-order valence-corrected chi connectivity index (χ0v) is 18.0. The van der Waals surface area contributed by atoms with Crippen molar-refractivity contribution in [3.05, 3.63) is 51.8 Å². The van der Waals surface area contributed by atoms with Crippen LogP contribution in [0.1, 0.15) is 35.9 Å². The van der Waals surface area contributed by atoms with Crippen LogP contribution in [0.4, 0.5) is 5.69 Å². The summed E-state index contributed by atoms with van der Waals surface area (Å²) >= 11 is 12.2. The molecule has 3 rings (SSSR count). The Balaban J connectivity index is 1.82. The first kappa shape index (κ1) is 21.1. The molecule has 29 heavy (non-hydrogen) atoms. The third-order valence-electron chi connectivity index (χ3n) is 4.37. The number of halogens is 2. The van der Waals surface area contributed by atoms with Gasteiger partial charge in [0.25, 0.3) is 5.91 Å². The van der Waals surface area contributed by atoms with E-state index in [0.717, 1.165) is 0 Å². The third-order valence-corrected chi connectivity index (χ3v) is 5.00. The van der Waals surface area contributed by atoms with Crippen LogP contribution >= 0.6 is 23.2 Å². The number of aryl methyl sites for hydroxylation is 1. The lowest BCUT2D eigenvalue weighted by Gasteiger charge is -2.18. The Labute approximate surface area is 178 Å². The topological polar surface area (TPSA) is 80.1 Å². The Kier molecular flexibility index (Phi) is 6.10. The van der Waals surface area contributed by atoms with Gasteiger partial charge in [-0.05, 0) is 39.0 Å². The van der Waals surface area contributed by atoms with Gasteiger partial charge in [-0.25, -0.2) is 9.67 Å². The molecule has 2 heterocycles. The zero-order chi connectivity index (χ0) is 21.3. The highest BCUT2D eigenvalue weighted by Gasteiger charge is 2.21. The minimum Gasteiger partial charge on any atom is -0.332 e. The highest BCUT2D eigenvalue weighted by molar-refractivity contribution is 6.39. The molecule has 0 saturated heterocycles. The van der Waals surface area contributed by atoms with Gasteiger partial charge in [-0.15, -0.1) is 0 Å². The van der Waals surface area contributed by atoms with Crippen LogP contribution in [-0.4, -0.2) is 45.1 Å². The van der Waals surface area contributed by atoms with E-state index in [0.29, 0.717) is 38.0 Å². The van der Waals surface area contributed by atoms with Crippen LogP contribution in [0.25, 0.3) is 11.0 Å². The molecule has 0 aliphatic rings. The fourth-order valence-electron chi connectivity index (χ4n) is 2.99. The molecule has 0 radical (unpaired) electrons. The molecule has 2 aromatic heterocycles. The van der Waals surface area contributed by atoms with Crippen molar-refractivity contribution in [1.82, 2.24) is 19.7 Å². The highest BCUT2D eigenvalue weighted by Crippen LogP contribution is 2.29. The van der Waals surface area contributed by atoms with E-state index < -0.39 is 5.91 Å². The second kappa shape index (κ2) is 8.39. The lowest BCUT2D eigenvalue weighted by Crippen LogP contribution is -2.35. The molecule has 0 unspecified atom stereocenters. The zero-order valence-electron chi connectivity index (χ0n) is 16.5. The van der Waals surface area contributed by atoms with Gasteiger partial charge in [0.1, 0.15) is 0 Å². The number of amides is 2. The maximum atomic E-state index is 13.0. The summed E-state index contributed by atoms with van der Waals surface area (Å²) in [5, 5.41) is 8.31. The van der Waals surface area contributed by atoms with Crippen molar-refractivity contribution >= 4 is 51.7 Å². The predicted octanol–water partition coefficient (Wildman–Crippen LogP) is 4.34. The van der Waals surface area contributed by atoms with E-state index in [1.54, 1.807) is 42.2 Å². The van der Waals surface area contributed by atoms with Gasteiger partial charge in [-0.1, -0.05) is 29.3 Å². The molecule has 0 spiro atoms. The smallest absolute Gasteiger partial charge is 0.254 e. The lowest BCUT2D eigenvalue weighted by molar-refractivity contribution is -0.116. The molecule has 9 heteroatoms. The van der Waals surface area contributed by atoms with E-state index in [9.17, 15) is 9.59 Å². The summed E-state index contributed by atoms with van der Waals surface area (Å²) in [6.45, 7) is 5.64. The Morgan fingerprint density at radius 2 is 1.90 bits per heavy atom. The number of rotatable bonds is 5. The van der Waals surface area contributed by atoms with Crippen molar-refractivity contribution in [2.24, 2.45) is 0 Å². The largest absolute Gasteiger partial charge is 0.332 e. The van der Waals surface area contributed by atoms with Crippen molar-refractivity contribution in [3.8, 4) is 0 Å². The Bertz CT molecular complexity index is 1070. The van der Waals surface area contributed by atoms with E-state index in [2.05, 4.69) is 15.4 Å². The van der Waals surface area contributed by atoms with E-state index in [1.807, 2.05) is 20.8 Å². The molecule has 152 valence electrons. The van der Waals surface area contributed by atoms with E-state index in [4.69, 9.17) is 23.2 Å². The number of fused-ring (bicyclic) bond motifs is 1. The van der Waals surface area contributed by atoms with Crippen molar-refractivity contribution in [2.75, 3.05) is 18.9 Å². The number of pyridine rings is 1. The van der Waals surface area contributed by atoms with E-state index >= 15 is 0 Å². The number of hydrogen-bond donors (Lipinski definition) is 1. The SMILES string of the molecule is Cc1cc(C(=O)N(C)CC(=O)Nc2c(Cl)cccc2Cl)c2cnn(C(C)C)c2n1. The number of para-hydroxylation sites is 1. The van der Waals surface area contributed by atoms with Crippen LogP contribution in [0.5, 0.6) is 0 Å². The quantitative estimate of drug-likeness (QED) is 0.648. The molecular formula is C20H21Cl2N5O2. The Morgan fingerprint density at radius 3 is 2.52 bits per heavy atom. The summed E-state index contributed by atoms with van der Waals surface area (Å²) < 4.78 is 1.77. The first-order chi connectivity index (χ1) is 13.7. The number of benzene rings is 1. The minimum atomic E-state index is -0.407. The maximum absolute atomic E-state index is 13.0. The normalized spacial score (nSPS) is 11.1. The molecule has 0 aliphatic heterocycles. The van der Waals surface area contributed by atoms with Crippen molar-refractivity contribution in [3.63, 3.8) is 0 Å². The summed E-state index contributed by atoms with van der Waals surface area (Å²) in [5.74, 6) is -0.708. The fraction of sp³-hybridized carbons (Fsp3) is 0.300. The first-order valence-electron chi connectivity index (χ1n) is 9.03. The van der Waals surface area contributed by atoms with Gasteiger partial charge < -0.3 is 10.2 Å². The molecule has 3 aromatic rings. The second-order valence-corrected chi connectivity index (χ2v) is 7.85. The van der Waals surface area contributed by atoms with Gasteiger partial charge in [0.15, 0.2) is 5.65 Å². The average Bonchev–Trinajstić information content (AvgIpc) is 3.07. The lowest BCUT2D eigenvalue weighted by atomic mass is 10.1. The third kappa shape index (κ3) is 4.36.